The quantitative estimate of drug-likeness (QED) is 0.105. The third-order valence-corrected chi connectivity index (χ3v) is 7.18. The molecule has 0 atom stereocenters. The summed E-state index contributed by atoms with van der Waals surface area (Å²) in [7, 11) is 0. The Morgan fingerprint density at radius 3 is 1.79 bits per heavy atom. The summed E-state index contributed by atoms with van der Waals surface area (Å²) in [6, 6.07) is 13.9. The van der Waals surface area contributed by atoms with Crippen molar-refractivity contribution in [3.8, 4) is 45.1 Å². The van der Waals surface area contributed by atoms with E-state index in [9.17, 15) is 22.0 Å². The van der Waals surface area contributed by atoms with Crippen molar-refractivity contribution in [1.29, 1.82) is 0 Å². The van der Waals surface area contributed by atoms with Gasteiger partial charge in [-0.05, 0) is 72.0 Å². The molecule has 0 aliphatic carbocycles. The average Bonchev–Trinajstić information content (AvgIpc) is 3.01. The average molecular weight is 659 g/mol. The monoisotopic (exact) mass is 658 g/mol. The Balaban J connectivity index is 1.28. The van der Waals surface area contributed by atoms with Gasteiger partial charge in [-0.25, -0.2) is 23.1 Å². The molecule has 0 unspecified atom stereocenters. The fourth-order valence-corrected chi connectivity index (χ4v) is 4.85. The molecule has 244 valence electrons. The Hall–Kier alpha value is -5.00. The van der Waals surface area contributed by atoms with Crippen LogP contribution in [0.2, 0.25) is 0 Å². The first kappa shape index (κ1) is 33.4. The lowest BCUT2D eigenvalue weighted by Gasteiger charge is -2.19. The van der Waals surface area contributed by atoms with E-state index >= 15 is 13.2 Å². The van der Waals surface area contributed by atoms with Gasteiger partial charge in [-0.3, -0.25) is 0 Å². The summed E-state index contributed by atoms with van der Waals surface area (Å²) < 4.78 is 121. The van der Waals surface area contributed by atoms with Gasteiger partial charge in [0.15, 0.2) is 5.82 Å². The van der Waals surface area contributed by atoms with Gasteiger partial charge in [0.2, 0.25) is 0 Å². The molecule has 0 amide bonds. The Bertz CT molecular complexity index is 1840. The standard InChI is InChI=1S/C35H26F8N2O2/c1-2-3-4-5-21-19-44-33(45-20-21)24-9-15-29(32(38)17-24)34(39,40)46-26-12-14-28(31(37)18-26)23-8-13-27(30(36)16-23)22-6-10-25(11-7-22)47-35(41,42)43/h6-20H,2-5H2,1H3. The maximum absolute atomic E-state index is 15.0. The van der Waals surface area contributed by atoms with Crippen molar-refractivity contribution in [3.05, 3.63) is 120 Å². The van der Waals surface area contributed by atoms with Gasteiger partial charge in [0.05, 0.1) is 5.56 Å². The normalized spacial score (nSPS) is 11.9. The number of hydrogen-bond donors (Lipinski definition) is 0. The number of ether oxygens (including phenoxy) is 2. The smallest absolute Gasteiger partial charge is 0.429 e. The van der Waals surface area contributed by atoms with E-state index in [1.165, 1.54) is 30.3 Å². The van der Waals surface area contributed by atoms with E-state index in [4.69, 9.17) is 0 Å². The number of rotatable bonds is 11. The van der Waals surface area contributed by atoms with Crippen LogP contribution in [0.25, 0.3) is 33.6 Å². The minimum Gasteiger partial charge on any atom is -0.429 e. The maximum Gasteiger partial charge on any atom is 0.573 e. The van der Waals surface area contributed by atoms with Gasteiger partial charge in [-0.2, -0.15) is 8.78 Å². The minimum atomic E-state index is -4.88. The number of unbranched alkanes of at least 4 members (excludes halogenated alkanes) is 2. The van der Waals surface area contributed by atoms with Gasteiger partial charge in [0.25, 0.3) is 0 Å². The first-order valence-electron chi connectivity index (χ1n) is 14.5. The van der Waals surface area contributed by atoms with Crippen LogP contribution in [-0.2, 0) is 12.5 Å². The second-order valence-electron chi connectivity index (χ2n) is 10.6. The van der Waals surface area contributed by atoms with E-state index in [-0.39, 0.29) is 33.6 Å². The summed E-state index contributed by atoms with van der Waals surface area (Å²) in [6.45, 7) is 2.09. The van der Waals surface area contributed by atoms with Gasteiger partial charge in [0, 0.05) is 35.2 Å². The van der Waals surface area contributed by atoms with Crippen LogP contribution < -0.4 is 9.47 Å². The van der Waals surface area contributed by atoms with E-state index in [1.54, 1.807) is 12.4 Å². The van der Waals surface area contributed by atoms with Crippen LogP contribution in [0.15, 0.2) is 91.3 Å². The largest absolute Gasteiger partial charge is 0.573 e. The number of hydrogen-bond acceptors (Lipinski definition) is 4. The molecule has 0 spiro atoms. The predicted octanol–water partition coefficient (Wildman–Crippen LogP) is 10.7. The Morgan fingerprint density at radius 2 is 1.17 bits per heavy atom. The van der Waals surface area contributed by atoms with E-state index < -0.39 is 47.0 Å². The molecular weight excluding hydrogens is 632 g/mol. The van der Waals surface area contributed by atoms with Crippen LogP contribution in [0.4, 0.5) is 35.1 Å². The van der Waals surface area contributed by atoms with E-state index in [0.717, 1.165) is 73.7 Å². The zero-order valence-corrected chi connectivity index (χ0v) is 24.7. The second kappa shape index (κ2) is 13.8. The van der Waals surface area contributed by atoms with Crippen LogP contribution in [0.3, 0.4) is 0 Å². The molecule has 0 fully saturated rings. The highest BCUT2D eigenvalue weighted by atomic mass is 19.4. The van der Waals surface area contributed by atoms with Crippen LogP contribution in [0, 0.1) is 17.5 Å². The highest BCUT2D eigenvalue weighted by Crippen LogP contribution is 2.37. The van der Waals surface area contributed by atoms with Crippen LogP contribution in [0.1, 0.15) is 37.3 Å². The number of benzene rings is 4. The van der Waals surface area contributed by atoms with Crippen LogP contribution in [0.5, 0.6) is 11.5 Å². The number of nitrogens with zero attached hydrogens (tertiary/aromatic N) is 2. The Morgan fingerprint density at radius 1 is 0.596 bits per heavy atom. The lowest BCUT2D eigenvalue weighted by molar-refractivity contribution is -0.274. The van der Waals surface area contributed by atoms with E-state index in [2.05, 4.69) is 26.4 Å². The molecule has 5 aromatic rings. The lowest BCUT2D eigenvalue weighted by Crippen LogP contribution is -2.23. The molecule has 0 saturated carbocycles. The molecule has 1 heterocycles. The zero-order valence-electron chi connectivity index (χ0n) is 24.7. The third-order valence-electron chi connectivity index (χ3n) is 7.18. The molecular formula is C35H26F8N2O2. The van der Waals surface area contributed by atoms with Crippen molar-refractivity contribution in [2.24, 2.45) is 0 Å². The molecule has 0 saturated heterocycles. The van der Waals surface area contributed by atoms with Crippen molar-refractivity contribution < 1.29 is 44.6 Å². The third kappa shape index (κ3) is 8.24. The summed E-state index contributed by atoms with van der Waals surface area (Å²) in [5.41, 5.74) is 0.168. The lowest BCUT2D eigenvalue weighted by atomic mass is 9.99. The van der Waals surface area contributed by atoms with Gasteiger partial charge in [0.1, 0.15) is 29.0 Å². The molecule has 0 aliphatic heterocycles. The minimum absolute atomic E-state index is 0.0198. The first-order chi connectivity index (χ1) is 22.3. The molecule has 1 aromatic heterocycles. The van der Waals surface area contributed by atoms with E-state index in [0.29, 0.717) is 6.07 Å². The molecule has 0 N–H and O–H groups in total. The molecule has 5 rings (SSSR count). The van der Waals surface area contributed by atoms with Crippen molar-refractivity contribution in [3.63, 3.8) is 0 Å². The maximum atomic E-state index is 15.0. The number of aromatic nitrogens is 2. The molecule has 0 radical (unpaired) electrons. The Kier molecular flexibility index (Phi) is 9.78. The summed E-state index contributed by atoms with van der Waals surface area (Å²) in [5, 5.41) is 0. The van der Waals surface area contributed by atoms with Crippen LogP contribution in [-0.4, -0.2) is 16.3 Å². The number of halogens is 8. The summed E-state index contributed by atoms with van der Waals surface area (Å²) in [6.07, 6.45) is -1.95. The molecule has 4 aromatic carbocycles. The van der Waals surface area contributed by atoms with Crippen molar-refractivity contribution in [2.75, 3.05) is 0 Å². The zero-order chi connectivity index (χ0) is 33.8. The Labute approximate surface area is 264 Å². The van der Waals surface area contributed by atoms with Crippen molar-refractivity contribution in [2.45, 2.75) is 45.1 Å². The van der Waals surface area contributed by atoms with Gasteiger partial charge in [-0.1, -0.05) is 50.1 Å². The molecule has 4 nitrogen and oxygen atoms in total. The number of alkyl halides is 5. The van der Waals surface area contributed by atoms with Crippen molar-refractivity contribution in [1.82, 2.24) is 9.97 Å². The SMILES string of the molecule is CCCCCc1cnc(-c2ccc(C(F)(F)Oc3ccc(-c4ccc(-c5ccc(OC(F)(F)F)cc5)c(F)c4)c(F)c3)c(F)c2)nc1. The second-order valence-corrected chi connectivity index (χ2v) is 10.6. The fourth-order valence-electron chi connectivity index (χ4n) is 4.85. The highest BCUT2D eigenvalue weighted by molar-refractivity contribution is 5.72. The number of aryl methyl sites for hydroxylation is 1. The van der Waals surface area contributed by atoms with Crippen molar-refractivity contribution >= 4 is 0 Å². The molecule has 0 aliphatic rings. The predicted molar refractivity (Wildman–Crippen MR) is 159 cm³/mol. The molecule has 0 bridgehead atoms. The van der Waals surface area contributed by atoms with Crippen LogP contribution >= 0.6 is 0 Å². The summed E-state index contributed by atoms with van der Waals surface area (Å²) in [4.78, 5) is 8.42. The van der Waals surface area contributed by atoms with Gasteiger partial charge >= 0.3 is 12.5 Å². The highest BCUT2D eigenvalue weighted by Gasteiger charge is 2.38. The topological polar surface area (TPSA) is 44.2 Å². The molecule has 47 heavy (non-hydrogen) atoms. The fraction of sp³-hybridized carbons (Fsp3) is 0.200. The first-order valence-corrected chi connectivity index (χ1v) is 14.5. The van der Waals surface area contributed by atoms with Gasteiger partial charge in [-0.15, -0.1) is 13.2 Å². The molecule has 12 heteroatoms. The van der Waals surface area contributed by atoms with E-state index in [1.807, 2.05) is 0 Å². The summed E-state index contributed by atoms with van der Waals surface area (Å²) in [5.74, 6) is -4.05. The van der Waals surface area contributed by atoms with Gasteiger partial charge < -0.3 is 9.47 Å². The summed E-state index contributed by atoms with van der Waals surface area (Å²) >= 11 is 0.